The fraction of sp³-hybridized carbons (Fsp3) is 0.286. The van der Waals surface area contributed by atoms with Crippen LogP contribution >= 0.6 is 0 Å². The molecule has 3 rings (SSSR count). The van der Waals surface area contributed by atoms with Crippen LogP contribution in [0.4, 0.5) is 5.69 Å². The number of carbonyl (C=O) groups excluding carboxylic acids is 3. The lowest BCUT2D eigenvalue weighted by molar-refractivity contribution is 0.0874. The largest absolute Gasteiger partial charge is 0.308 e. The van der Waals surface area contributed by atoms with Gasteiger partial charge >= 0.3 is 0 Å². The summed E-state index contributed by atoms with van der Waals surface area (Å²) in [5.74, 6) is -1.22. The highest BCUT2D eigenvalue weighted by atomic mass is 16.2. The Morgan fingerprint density at radius 1 is 0.923 bits per heavy atom. The van der Waals surface area contributed by atoms with Gasteiger partial charge in [0.25, 0.3) is 17.7 Å². The Balaban J connectivity index is 2.14. The van der Waals surface area contributed by atoms with E-state index in [4.69, 9.17) is 0 Å². The van der Waals surface area contributed by atoms with Crippen molar-refractivity contribution in [2.45, 2.75) is 33.6 Å². The molecule has 1 aliphatic rings. The van der Waals surface area contributed by atoms with E-state index in [0.717, 1.165) is 29.7 Å². The van der Waals surface area contributed by atoms with Gasteiger partial charge in [-0.2, -0.15) is 0 Å². The molecule has 0 saturated heterocycles. The summed E-state index contributed by atoms with van der Waals surface area (Å²) in [4.78, 5) is 39.2. The minimum absolute atomic E-state index is 0.174. The van der Waals surface area contributed by atoms with Gasteiger partial charge in [0, 0.05) is 6.54 Å². The third-order valence-corrected chi connectivity index (χ3v) is 4.79. The van der Waals surface area contributed by atoms with Crippen LogP contribution in [0, 0.1) is 0 Å². The molecule has 1 heterocycles. The lowest BCUT2D eigenvalue weighted by Gasteiger charge is -2.27. The summed E-state index contributed by atoms with van der Waals surface area (Å²) in [6.45, 7) is 6.51. The number of para-hydroxylation sites is 1. The topological polar surface area (TPSA) is 66.5 Å². The number of anilines is 1. The summed E-state index contributed by atoms with van der Waals surface area (Å²) in [5.41, 5.74) is 3.79. The van der Waals surface area contributed by atoms with Crippen LogP contribution in [0.2, 0.25) is 0 Å². The maximum atomic E-state index is 13.4. The standard InChI is InChI=1S/C21H22N2O3/c1-4-13-9-7-10-14(5-2)18(13)23(6-3)21(26)16-12-8-11-15-17(16)20(25)22-19(15)24/h7-12H,4-6H2,1-3H3,(H,22,24,25). The molecule has 0 bridgehead atoms. The summed E-state index contributed by atoms with van der Waals surface area (Å²) in [6.07, 6.45) is 1.61. The molecule has 2 aromatic carbocycles. The summed E-state index contributed by atoms with van der Waals surface area (Å²) in [7, 11) is 0. The molecule has 0 aromatic heterocycles. The van der Waals surface area contributed by atoms with Crippen LogP contribution < -0.4 is 10.2 Å². The molecular weight excluding hydrogens is 328 g/mol. The zero-order valence-electron chi connectivity index (χ0n) is 15.3. The fourth-order valence-corrected chi connectivity index (χ4v) is 3.51. The molecule has 0 radical (unpaired) electrons. The maximum Gasteiger partial charge on any atom is 0.259 e. The lowest BCUT2D eigenvalue weighted by atomic mass is 9.98. The van der Waals surface area contributed by atoms with E-state index in [-0.39, 0.29) is 22.6 Å². The number of nitrogens with zero attached hydrogens (tertiary/aromatic N) is 1. The van der Waals surface area contributed by atoms with Crippen LogP contribution in [-0.2, 0) is 12.8 Å². The molecule has 5 heteroatoms. The highest BCUT2D eigenvalue weighted by molar-refractivity contribution is 6.26. The summed E-state index contributed by atoms with van der Waals surface area (Å²) in [5, 5.41) is 2.27. The lowest BCUT2D eigenvalue weighted by Crippen LogP contribution is -2.33. The van der Waals surface area contributed by atoms with Crippen molar-refractivity contribution >= 4 is 23.4 Å². The summed E-state index contributed by atoms with van der Waals surface area (Å²) >= 11 is 0. The minimum atomic E-state index is -0.510. The molecule has 0 saturated carbocycles. The SMILES string of the molecule is CCc1cccc(CC)c1N(CC)C(=O)c1cccc2c1C(=O)NC2=O. The molecule has 1 N–H and O–H groups in total. The molecule has 1 aliphatic heterocycles. The number of benzene rings is 2. The van der Waals surface area contributed by atoms with Gasteiger partial charge < -0.3 is 4.90 Å². The number of imide groups is 1. The second kappa shape index (κ2) is 7.12. The number of nitrogens with one attached hydrogen (secondary N) is 1. The van der Waals surface area contributed by atoms with Crippen molar-refractivity contribution in [3.8, 4) is 0 Å². The zero-order valence-corrected chi connectivity index (χ0v) is 15.3. The first-order chi connectivity index (χ1) is 12.5. The molecule has 0 atom stereocenters. The predicted octanol–water partition coefficient (Wildman–Crippen LogP) is 3.36. The second-order valence-corrected chi connectivity index (χ2v) is 6.19. The van der Waals surface area contributed by atoms with Gasteiger partial charge in [0.05, 0.1) is 22.4 Å². The Kier molecular flexibility index (Phi) is 4.89. The van der Waals surface area contributed by atoms with Crippen LogP contribution in [0.5, 0.6) is 0 Å². The van der Waals surface area contributed by atoms with E-state index in [1.54, 1.807) is 23.1 Å². The first-order valence-corrected chi connectivity index (χ1v) is 8.94. The van der Waals surface area contributed by atoms with E-state index in [2.05, 4.69) is 19.2 Å². The first-order valence-electron chi connectivity index (χ1n) is 8.94. The van der Waals surface area contributed by atoms with Crippen molar-refractivity contribution in [3.05, 3.63) is 64.2 Å². The van der Waals surface area contributed by atoms with Crippen molar-refractivity contribution in [1.29, 1.82) is 0 Å². The highest BCUT2D eigenvalue weighted by Gasteiger charge is 2.33. The molecule has 5 nitrogen and oxygen atoms in total. The second-order valence-electron chi connectivity index (χ2n) is 6.19. The Bertz CT molecular complexity index is 880. The fourth-order valence-electron chi connectivity index (χ4n) is 3.51. The summed E-state index contributed by atoms with van der Waals surface area (Å²) < 4.78 is 0. The molecule has 3 amide bonds. The van der Waals surface area contributed by atoms with Crippen molar-refractivity contribution in [1.82, 2.24) is 5.32 Å². The van der Waals surface area contributed by atoms with Crippen LogP contribution in [0.15, 0.2) is 36.4 Å². The van der Waals surface area contributed by atoms with E-state index >= 15 is 0 Å². The van der Waals surface area contributed by atoms with Gasteiger partial charge in [-0.15, -0.1) is 0 Å². The van der Waals surface area contributed by atoms with Gasteiger partial charge in [0.15, 0.2) is 0 Å². The average Bonchev–Trinajstić information content (AvgIpc) is 2.96. The van der Waals surface area contributed by atoms with Gasteiger partial charge in [-0.3, -0.25) is 19.7 Å². The smallest absolute Gasteiger partial charge is 0.259 e. The summed E-state index contributed by atoms with van der Waals surface area (Å²) in [6, 6.07) is 10.9. The maximum absolute atomic E-state index is 13.4. The third-order valence-electron chi connectivity index (χ3n) is 4.79. The molecule has 2 aromatic rings. The van der Waals surface area contributed by atoms with Crippen molar-refractivity contribution in [2.24, 2.45) is 0 Å². The van der Waals surface area contributed by atoms with Crippen molar-refractivity contribution in [3.63, 3.8) is 0 Å². The Morgan fingerprint density at radius 2 is 1.54 bits per heavy atom. The third kappa shape index (κ3) is 2.79. The Hall–Kier alpha value is -2.95. The van der Waals surface area contributed by atoms with E-state index < -0.39 is 11.8 Å². The van der Waals surface area contributed by atoms with Crippen LogP contribution in [0.1, 0.15) is 63.0 Å². The predicted molar refractivity (Wildman–Crippen MR) is 101 cm³/mol. The number of amides is 3. The number of rotatable bonds is 5. The van der Waals surface area contributed by atoms with Crippen LogP contribution in [0.25, 0.3) is 0 Å². The zero-order chi connectivity index (χ0) is 18.8. The van der Waals surface area contributed by atoms with E-state index in [1.165, 1.54) is 0 Å². The molecule has 0 unspecified atom stereocenters. The monoisotopic (exact) mass is 350 g/mol. The Morgan fingerprint density at radius 3 is 2.12 bits per heavy atom. The van der Waals surface area contributed by atoms with E-state index in [9.17, 15) is 14.4 Å². The van der Waals surface area contributed by atoms with Crippen molar-refractivity contribution in [2.75, 3.05) is 11.4 Å². The number of hydrogen-bond acceptors (Lipinski definition) is 3. The quantitative estimate of drug-likeness (QED) is 0.841. The van der Waals surface area contributed by atoms with Crippen LogP contribution in [0.3, 0.4) is 0 Å². The van der Waals surface area contributed by atoms with Gasteiger partial charge in [-0.25, -0.2) is 0 Å². The average molecular weight is 350 g/mol. The first kappa shape index (κ1) is 17.9. The molecular formula is C21H22N2O3. The van der Waals surface area contributed by atoms with E-state index in [1.807, 2.05) is 25.1 Å². The number of hydrogen-bond donors (Lipinski definition) is 1. The minimum Gasteiger partial charge on any atom is -0.308 e. The van der Waals surface area contributed by atoms with Crippen LogP contribution in [-0.4, -0.2) is 24.3 Å². The van der Waals surface area contributed by atoms with Crippen molar-refractivity contribution < 1.29 is 14.4 Å². The molecule has 0 spiro atoms. The van der Waals surface area contributed by atoms with Gasteiger partial charge in [0.2, 0.25) is 0 Å². The number of fused-ring (bicyclic) bond motifs is 1. The number of carbonyl (C=O) groups is 3. The van der Waals surface area contributed by atoms with Gasteiger partial charge in [0.1, 0.15) is 0 Å². The Labute approximate surface area is 153 Å². The molecule has 0 fully saturated rings. The molecule has 134 valence electrons. The molecule has 0 aliphatic carbocycles. The van der Waals surface area contributed by atoms with Gasteiger partial charge in [-0.1, -0.05) is 38.1 Å². The highest BCUT2D eigenvalue weighted by Crippen LogP contribution is 2.30. The number of aryl methyl sites for hydroxylation is 2. The van der Waals surface area contributed by atoms with E-state index in [0.29, 0.717) is 6.54 Å². The molecule has 26 heavy (non-hydrogen) atoms. The normalized spacial score (nSPS) is 12.7. The van der Waals surface area contributed by atoms with Gasteiger partial charge in [-0.05, 0) is 43.0 Å².